The van der Waals surface area contributed by atoms with E-state index in [9.17, 15) is 37.5 Å². The van der Waals surface area contributed by atoms with Gasteiger partial charge in [0.1, 0.15) is 12.4 Å². The van der Waals surface area contributed by atoms with Crippen LogP contribution in [0.15, 0.2) is 36.5 Å². The largest absolute Gasteiger partial charge is 0.465 e. The van der Waals surface area contributed by atoms with E-state index in [0.717, 1.165) is 26.5 Å². The Morgan fingerprint density at radius 1 is 1.19 bits per heavy atom. The fraction of sp³-hybridized carbons (Fsp3) is 0.483. The van der Waals surface area contributed by atoms with Crippen LogP contribution in [-0.2, 0) is 32.6 Å². The Labute approximate surface area is 240 Å². The molecule has 1 aliphatic carbocycles. The summed E-state index contributed by atoms with van der Waals surface area (Å²) in [4.78, 5) is 57.7. The quantitative estimate of drug-likeness (QED) is 0.469. The van der Waals surface area contributed by atoms with E-state index >= 15 is 0 Å². The average molecular weight is 588 g/mol. The van der Waals surface area contributed by atoms with E-state index in [1.54, 1.807) is 24.4 Å². The zero-order chi connectivity index (χ0) is 30.4. The molecule has 1 unspecified atom stereocenters. The number of halogens is 3. The first-order valence-corrected chi connectivity index (χ1v) is 13.7. The maximum Gasteiger partial charge on any atom is 0.407 e. The molecule has 10 nitrogen and oxygen atoms in total. The molecule has 3 heterocycles. The molecule has 1 aromatic heterocycles. The Hall–Kier alpha value is -4.16. The van der Waals surface area contributed by atoms with Gasteiger partial charge in [-0.2, -0.15) is 13.2 Å². The summed E-state index contributed by atoms with van der Waals surface area (Å²) in [6.07, 6.45) is -3.95. The molecule has 224 valence electrons. The van der Waals surface area contributed by atoms with Gasteiger partial charge in [-0.15, -0.1) is 0 Å². The number of benzene rings is 1. The Morgan fingerprint density at radius 3 is 2.64 bits per heavy atom. The number of piperidine rings is 1. The highest BCUT2D eigenvalue weighted by Gasteiger charge is 2.51. The van der Waals surface area contributed by atoms with Crippen LogP contribution >= 0.6 is 0 Å². The molecular weight excluding hydrogens is 555 g/mol. The number of aromatic nitrogens is 1. The van der Waals surface area contributed by atoms with Gasteiger partial charge in [-0.05, 0) is 55.0 Å². The minimum atomic E-state index is -4.61. The number of nitrogens with zero attached hydrogens (tertiary/aromatic N) is 3. The van der Waals surface area contributed by atoms with Crippen molar-refractivity contribution < 1.29 is 37.5 Å². The van der Waals surface area contributed by atoms with Crippen molar-refractivity contribution in [1.82, 2.24) is 14.8 Å². The lowest BCUT2D eigenvalue weighted by Crippen LogP contribution is -2.56. The predicted molar refractivity (Wildman–Crippen MR) is 146 cm³/mol. The summed E-state index contributed by atoms with van der Waals surface area (Å²) >= 11 is 0. The third-order valence-electron chi connectivity index (χ3n) is 8.37. The van der Waals surface area contributed by atoms with Crippen LogP contribution in [0.3, 0.4) is 0 Å². The summed E-state index contributed by atoms with van der Waals surface area (Å²) in [6, 6.07) is 8.16. The van der Waals surface area contributed by atoms with Crippen LogP contribution in [0.5, 0.6) is 0 Å². The van der Waals surface area contributed by atoms with Crippen molar-refractivity contribution in [2.75, 3.05) is 30.3 Å². The van der Waals surface area contributed by atoms with Crippen LogP contribution in [0.4, 0.5) is 29.5 Å². The molecule has 0 saturated carbocycles. The molecule has 5 rings (SSSR count). The fourth-order valence-corrected chi connectivity index (χ4v) is 6.42. The van der Waals surface area contributed by atoms with Crippen LogP contribution in [0.2, 0.25) is 0 Å². The normalized spacial score (nSPS) is 21.5. The van der Waals surface area contributed by atoms with Crippen molar-refractivity contribution in [3.8, 4) is 0 Å². The molecule has 2 aromatic rings. The number of alkyl halides is 3. The number of anilines is 2. The van der Waals surface area contributed by atoms with Gasteiger partial charge in [0.15, 0.2) is 0 Å². The molecule has 3 N–H and O–H groups in total. The standard InChI is InChI=1S/C29H32F3N5O5/c1-27(2,16-29(30,31)32)25(40)37(20-5-4-10-36(14-20)26(41)42)15-22(38)34-19-8-7-17-12-28(13-18(17)11-19)21-6-3-9-33-23(21)35-24(28)39/h3,6-9,11,20H,4-5,10,12-16H2,1-2H3,(H,34,38)(H,41,42)(H,33,35,39)/t20?,28-/m1/s1. The molecule has 1 aromatic carbocycles. The third kappa shape index (κ3) is 5.64. The Morgan fingerprint density at radius 2 is 1.93 bits per heavy atom. The molecule has 0 bridgehead atoms. The van der Waals surface area contributed by atoms with Gasteiger partial charge < -0.3 is 25.5 Å². The lowest BCUT2D eigenvalue weighted by Gasteiger charge is -2.41. The molecule has 1 saturated heterocycles. The minimum Gasteiger partial charge on any atom is -0.465 e. The highest BCUT2D eigenvalue weighted by molar-refractivity contribution is 6.06. The van der Waals surface area contributed by atoms with Crippen molar-refractivity contribution in [1.29, 1.82) is 0 Å². The fourth-order valence-electron chi connectivity index (χ4n) is 6.42. The summed E-state index contributed by atoms with van der Waals surface area (Å²) in [5, 5.41) is 15.0. The Kier molecular flexibility index (Phi) is 7.40. The van der Waals surface area contributed by atoms with E-state index < -0.39 is 53.9 Å². The van der Waals surface area contributed by atoms with Gasteiger partial charge in [-0.25, -0.2) is 9.78 Å². The number of pyridine rings is 1. The smallest absolute Gasteiger partial charge is 0.407 e. The number of likely N-dealkylation sites (tertiary alicyclic amines) is 1. The molecule has 2 aliphatic heterocycles. The van der Waals surface area contributed by atoms with Crippen LogP contribution < -0.4 is 10.6 Å². The lowest BCUT2D eigenvalue weighted by molar-refractivity contribution is -0.172. The zero-order valence-electron chi connectivity index (χ0n) is 23.3. The summed E-state index contributed by atoms with van der Waals surface area (Å²) in [7, 11) is 0. The minimum absolute atomic E-state index is 0.101. The van der Waals surface area contributed by atoms with E-state index in [1.807, 2.05) is 12.1 Å². The van der Waals surface area contributed by atoms with Crippen molar-refractivity contribution in [3.63, 3.8) is 0 Å². The summed E-state index contributed by atoms with van der Waals surface area (Å²) in [6.45, 7) is 1.95. The van der Waals surface area contributed by atoms with E-state index in [1.165, 1.54) is 13.8 Å². The number of carboxylic acid groups (broad SMARTS) is 1. The van der Waals surface area contributed by atoms with Gasteiger partial charge in [0.25, 0.3) is 0 Å². The first-order valence-electron chi connectivity index (χ1n) is 13.7. The van der Waals surface area contributed by atoms with E-state index in [4.69, 9.17) is 0 Å². The van der Waals surface area contributed by atoms with Crippen LogP contribution in [0.1, 0.15) is 49.8 Å². The lowest BCUT2D eigenvalue weighted by atomic mass is 9.79. The first-order chi connectivity index (χ1) is 19.7. The maximum absolute atomic E-state index is 13.5. The molecule has 1 fully saturated rings. The molecule has 3 aliphatic rings. The number of hydrogen-bond acceptors (Lipinski definition) is 5. The summed E-state index contributed by atoms with van der Waals surface area (Å²) in [5.74, 6) is -1.11. The van der Waals surface area contributed by atoms with Crippen LogP contribution in [-0.4, -0.2) is 75.6 Å². The van der Waals surface area contributed by atoms with E-state index in [-0.39, 0.29) is 19.0 Å². The van der Waals surface area contributed by atoms with Crippen LogP contribution in [0.25, 0.3) is 0 Å². The molecular formula is C29H32F3N5O5. The first kappa shape index (κ1) is 29.3. The molecule has 42 heavy (non-hydrogen) atoms. The Balaban J connectivity index is 1.34. The van der Waals surface area contributed by atoms with Gasteiger partial charge in [-0.3, -0.25) is 14.4 Å². The van der Waals surface area contributed by atoms with E-state index in [2.05, 4.69) is 15.6 Å². The van der Waals surface area contributed by atoms with Gasteiger partial charge in [0, 0.05) is 30.5 Å². The number of nitrogens with one attached hydrogen (secondary N) is 2. The second-order valence-electron chi connectivity index (χ2n) is 12.0. The van der Waals surface area contributed by atoms with Crippen molar-refractivity contribution >= 4 is 35.3 Å². The topological polar surface area (TPSA) is 132 Å². The van der Waals surface area contributed by atoms with Crippen molar-refractivity contribution in [2.24, 2.45) is 5.41 Å². The SMILES string of the molecule is CC(C)(CC(F)(F)F)C(=O)N(CC(=O)Nc1ccc2c(c1)C[C@@]1(C2)C(=O)Nc2ncccc21)C1CCCN(C(=O)O)C1. The maximum atomic E-state index is 13.5. The Bertz CT molecular complexity index is 1440. The average Bonchev–Trinajstić information content (AvgIpc) is 3.42. The van der Waals surface area contributed by atoms with Crippen molar-refractivity contribution in [2.45, 2.75) is 63.6 Å². The second kappa shape index (κ2) is 10.6. The number of hydrogen-bond donors (Lipinski definition) is 3. The highest BCUT2D eigenvalue weighted by Crippen LogP contribution is 2.47. The molecule has 4 amide bonds. The molecule has 13 heteroatoms. The van der Waals surface area contributed by atoms with Gasteiger partial charge in [0.05, 0.1) is 23.3 Å². The highest BCUT2D eigenvalue weighted by atomic mass is 19.4. The molecule has 0 radical (unpaired) electrons. The number of carbonyl (C=O) groups excluding carboxylic acids is 3. The number of fused-ring (bicyclic) bond motifs is 3. The van der Waals surface area contributed by atoms with Gasteiger partial charge in [0.2, 0.25) is 17.7 Å². The summed E-state index contributed by atoms with van der Waals surface area (Å²) < 4.78 is 39.9. The number of amides is 4. The molecule has 1 spiro atoms. The van der Waals surface area contributed by atoms with Crippen LogP contribution in [0, 0.1) is 5.41 Å². The second-order valence-corrected chi connectivity index (χ2v) is 12.0. The predicted octanol–water partition coefficient (Wildman–Crippen LogP) is 3.96. The van der Waals surface area contributed by atoms with Gasteiger partial charge in [-0.1, -0.05) is 26.0 Å². The monoisotopic (exact) mass is 587 g/mol. The van der Waals surface area contributed by atoms with E-state index in [0.29, 0.717) is 37.2 Å². The van der Waals surface area contributed by atoms with Crippen molar-refractivity contribution in [3.05, 3.63) is 53.2 Å². The van der Waals surface area contributed by atoms with Gasteiger partial charge >= 0.3 is 12.3 Å². The zero-order valence-corrected chi connectivity index (χ0v) is 23.3. The third-order valence-corrected chi connectivity index (χ3v) is 8.37. The number of carbonyl (C=O) groups is 4. The number of rotatable bonds is 6. The summed E-state index contributed by atoms with van der Waals surface area (Å²) in [5.41, 5.74) is 0.385. The molecule has 2 atom stereocenters.